The summed E-state index contributed by atoms with van der Waals surface area (Å²) in [7, 11) is -3.60. The number of hydrogen-bond donors (Lipinski definition) is 3. The van der Waals surface area contributed by atoms with Crippen molar-refractivity contribution in [3.8, 4) is 0 Å². The van der Waals surface area contributed by atoms with Crippen LogP contribution in [0.25, 0.3) is 11.0 Å². The van der Waals surface area contributed by atoms with Crippen LogP contribution in [0.4, 0.5) is 0 Å². The zero-order valence-electron chi connectivity index (χ0n) is 10.2. The van der Waals surface area contributed by atoms with Crippen molar-refractivity contribution in [3.63, 3.8) is 0 Å². The standard InChI is InChI=1S/C12H11N3O3S2/c16-12-14-10-2-1-9(5-11(10)15-12)20(17,18)13-6-8-3-4-19-7-8/h1-5,7,13H,6H2,(H2,14,15,16). The van der Waals surface area contributed by atoms with Crippen LogP contribution < -0.4 is 10.4 Å². The smallest absolute Gasteiger partial charge is 0.306 e. The Morgan fingerprint density at radius 1 is 1.15 bits per heavy atom. The van der Waals surface area contributed by atoms with Gasteiger partial charge in [-0.05, 0) is 40.6 Å². The second kappa shape index (κ2) is 4.89. The Kier molecular flexibility index (Phi) is 3.20. The van der Waals surface area contributed by atoms with E-state index in [1.165, 1.54) is 23.5 Å². The van der Waals surface area contributed by atoms with Crippen LogP contribution in [0.3, 0.4) is 0 Å². The molecule has 0 radical (unpaired) electrons. The van der Waals surface area contributed by atoms with Crippen molar-refractivity contribution in [2.45, 2.75) is 11.4 Å². The number of aromatic nitrogens is 2. The molecule has 0 unspecified atom stereocenters. The lowest BCUT2D eigenvalue weighted by molar-refractivity contribution is 0.581. The number of nitrogens with one attached hydrogen (secondary N) is 3. The van der Waals surface area contributed by atoms with Crippen LogP contribution in [0.5, 0.6) is 0 Å². The fourth-order valence-corrected chi connectivity index (χ4v) is 3.55. The third kappa shape index (κ3) is 2.53. The van der Waals surface area contributed by atoms with Crippen molar-refractivity contribution in [2.24, 2.45) is 0 Å². The lowest BCUT2D eigenvalue weighted by Crippen LogP contribution is -2.22. The second-order valence-corrected chi connectivity index (χ2v) is 6.79. The molecule has 0 bridgehead atoms. The predicted octanol–water partition coefficient (Wildman–Crippen LogP) is 1.40. The number of hydrogen-bond acceptors (Lipinski definition) is 4. The Balaban J connectivity index is 1.90. The molecule has 0 amide bonds. The number of benzene rings is 1. The van der Waals surface area contributed by atoms with Crippen LogP contribution in [0, 0.1) is 0 Å². The van der Waals surface area contributed by atoms with Crippen LogP contribution in [-0.2, 0) is 16.6 Å². The largest absolute Gasteiger partial charge is 0.323 e. The molecule has 104 valence electrons. The van der Waals surface area contributed by atoms with E-state index >= 15 is 0 Å². The van der Waals surface area contributed by atoms with Gasteiger partial charge in [0.2, 0.25) is 10.0 Å². The Morgan fingerprint density at radius 3 is 2.70 bits per heavy atom. The first-order chi connectivity index (χ1) is 9.54. The quantitative estimate of drug-likeness (QED) is 0.680. The Labute approximate surface area is 118 Å². The molecule has 0 fully saturated rings. The summed E-state index contributed by atoms with van der Waals surface area (Å²) < 4.78 is 26.9. The monoisotopic (exact) mass is 309 g/mol. The molecule has 6 nitrogen and oxygen atoms in total. The molecule has 3 rings (SSSR count). The van der Waals surface area contributed by atoms with Gasteiger partial charge < -0.3 is 9.97 Å². The van der Waals surface area contributed by atoms with E-state index in [1.54, 1.807) is 6.07 Å². The SMILES string of the molecule is O=c1[nH]c2ccc(S(=O)(=O)NCc3ccsc3)cc2[nH]1. The van der Waals surface area contributed by atoms with Gasteiger partial charge in [-0.3, -0.25) is 0 Å². The molecule has 0 spiro atoms. The van der Waals surface area contributed by atoms with Gasteiger partial charge in [0.05, 0.1) is 15.9 Å². The third-order valence-corrected chi connectivity index (χ3v) is 4.98. The summed E-state index contributed by atoms with van der Waals surface area (Å²) in [5.74, 6) is 0. The summed E-state index contributed by atoms with van der Waals surface area (Å²) >= 11 is 1.51. The molecule has 0 aliphatic carbocycles. The molecule has 3 aromatic rings. The summed E-state index contributed by atoms with van der Waals surface area (Å²) in [6, 6.07) is 6.32. The Hall–Kier alpha value is -1.90. The molecule has 0 atom stereocenters. The van der Waals surface area contributed by atoms with Gasteiger partial charge in [-0.2, -0.15) is 11.3 Å². The van der Waals surface area contributed by atoms with Crippen LogP contribution >= 0.6 is 11.3 Å². The van der Waals surface area contributed by atoms with Gasteiger partial charge in [-0.25, -0.2) is 17.9 Å². The minimum atomic E-state index is -3.60. The fraction of sp³-hybridized carbons (Fsp3) is 0.0833. The molecule has 2 heterocycles. The van der Waals surface area contributed by atoms with Crippen molar-refractivity contribution in [2.75, 3.05) is 0 Å². The zero-order chi connectivity index (χ0) is 14.2. The lowest BCUT2D eigenvalue weighted by atomic mass is 10.3. The van der Waals surface area contributed by atoms with Gasteiger partial charge in [0.1, 0.15) is 0 Å². The maximum absolute atomic E-state index is 12.2. The molecule has 20 heavy (non-hydrogen) atoms. The number of rotatable bonds is 4. The minimum Gasteiger partial charge on any atom is -0.306 e. The van der Waals surface area contributed by atoms with Crippen LogP contribution in [0.2, 0.25) is 0 Å². The predicted molar refractivity (Wildman–Crippen MR) is 77.3 cm³/mol. The van der Waals surface area contributed by atoms with Crippen molar-refractivity contribution in [3.05, 3.63) is 51.1 Å². The van der Waals surface area contributed by atoms with Crippen LogP contribution in [0.1, 0.15) is 5.56 Å². The van der Waals surface area contributed by atoms with E-state index in [0.29, 0.717) is 11.0 Å². The van der Waals surface area contributed by atoms with E-state index in [1.807, 2.05) is 16.8 Å². The normalized spacial score (nSPS) is 12.0. The summed E-state index contributed by atoms with van der Waals surface area (Å²) in [6.07, 6.45) is 0. The average molecular weight is 309 g/mol. The highest BCUT2D eigenvalue weighted by Gasteiger charge is 2.15. The molecule has 0 saturated heterocycles. The van der Waals surface area contributed by atoms with E-state index < -0.39 is 10.0 Å². The first-order valence-corrected chi connectivity index (χ1v) is 8.20. The molecule has 2 aromatic heterocycles. The average Bonchev–Trinajstić information content (AvgIpc) is 3.03. The molecule has 3 N–H and O–H groups in total. The van der Waals surface area contributed by atoms with Gasteiger partial charge in [0.15, 0.2) is 0 Å². The summed E-state index contributed by atoms with van der Waals surface area (Å²) in [5.41, 5.74) is 1.59. The molecule has 8 heteroatoms. The van der Waals surface area contributed by atoms with Crippen molar-refractivity contribution >= 4 is 32.4 Å². The Morgan fingerprint density at radius 2 is 1.95 bits per heavy atom. The minimum absolute atomic E-state index is 0.121. The summed E-state index contributed by atoms with van der Waals surface area (Å²) in [6.45, 7) is 0.244. The molecular formula is C12H11N3O3S2. The number of fused-ring (bicyclic) bond motifs is 1. The van der Waals surface area contributed by atoms with Gasteiger partial charge in [-0.15, -0.1) is 0 Å². The number of sulfonamides is 1. The van der Waals surface area contributed by atoms with Gasteiger partial charge in [0.25, 0.3) is 0 Å². The zero-order valence-corrected chi connectivity index (χ0v) is 11.8. The molecule has 0 aliphatic rings. The van der Waals surface area contributed by atoms with Crippen LogP contribution in [-0.4, -0.2) is 18.4 Å². The van der Waals surface area contributed by atoms with Crippen molar-refractivity contribution in [1.29, 1.82) is 0 Å². The molecule has 0 saturated carbocycles. The Bertz CT molecular complexity index is 892. The van der Waals surface area contributed by atoms with E-state index in [-0.39, 0.29) is 17.1 Å². The van der Waals surface area contributed by atoms with Gasteiger partial charge in [0, 0.05) is 6.54 Å². The highest BCUT2D eigenvalue weighted by molar-refractivity contribution is 7.89. The third-order valence-electron chi connectivity index (χ3n) is 2.84. The fourth-order valence-electron chi connectivity index (χ4n) is 1.83. The highest BCUT2D eigenvalue weighted by atomic mass is 32.2. The van der Waals surface area contributed by atoms with Gasteiger partial charge in [-0.1, -0.05) is 0 Å². The van der Waals surface area contributed by atoms with Crippen LogP contribution in [0.15, 0.2) is 44.7 Å². The summed E-state index contributed by atoms with van der Waals surface area (Å²) in [4.78, 5) is 16.4. The highest BCUT2D eigenvalue weighted by Crippen LogP contribution is 2.15. The molecule has 0 aliphatic heterocycles. The van der Waals surface area contributed by atoms with E-state index in [2.05, 4.69) is 14.7 Å². The molecule has 1 aromatic carbocycles. The number of imidazole rings is 1. The van der Waals surface area contributed by atoms with E-state index in [9.17, 15) is 13.2 Å². The number of aromatic amines is 2. The second-order valence-electron chi connectivity index (χ2n) is 4.24. The maximum atomic E-state index is 12.2. The number of H-pyrrole nitrogens is 2. The topological polar surface area (TPSA) is 94.8 Å². The summed E-state index contributed by atoms with van der Waals surface area (Å²) in [5, 5.41) is 3.77. The first-order valence-electron chi connectivity index (χ1n) is 5.77. The van der Waals surface area contributed by atoms with E-state index in [0.717, 1.165) is 5.56 Å². The van der Waals surface area contributed by atoms with Crippen molar-refractivity contribution in [1.82, 2.24) is 14.7 Å². The lowest BCUT2D eigenvalue weighted by Gasteiger charge is -2.05. The number of thiophene rings is 1. The molecular weight excluding hydrogens is 298 g/mol. The van der Waals surface area contributed by atoms with E-state index in [4.69, 9.17) is 0 Å². The first kappa shape index (κ1) is 13.1. The maximum Gasteiger partial charge on any atom is 0.323 e. The van der Waals surface area contributed by atoms with Crippen molar-refractivity contribution < 1.29 is 8.42 Å². The van der Waals surface area contributed by atoms with Gasteiger partial charge >= 0.3 is 5.69 Å².